The molecule has 0 heterocycles. The van der Waals surface area contributed by atoms with E-state index in [9.17, 15) is 0 Å². The maximum atomic E-state index is 2.04. The van der Waals surface area contributed by atoms with Gasteiger partial charge in [-0.2, -0.15) is 11.8 Å². The Balaban J connectivity index is 0.000000145. The Morgan fingerprint density at radius 3 is 1.00 bits per heavy atom. The van der Waals surface area contributed by atoms with Gasteiger partial charge in [-0.1, -0.05) is 32.1 Å². The van der Waals surface area contributed by atoms with Crippen molar-refractivity contribution in [3.05, 3.63) is 0 Å². The molecule has 1 heteroatoms. The second-order valence-corrected chi connectivity index (χ2v) is 2.99. The molecule has 1 saturated carbocycles. The number of rotatable bonds is 0. The predicted octanol–water partition coefficient (Wildman–Crippen LogP) is 2.93. The van der Waals surface area contributed by atoms with Crippen LogP contribution in [0.15, 0.2) is 0 Å². The van der Waals surface area contributed by atoms with Gasteiger partial charge in [0.1, 0.15) is 0 Å². The Morgan fingerprint density at radius 1 is 0.750 bits per heavy atom. The van der Waals surface area contributed by atoms with E-state index in [-0.39, 0.29) is 0 Å². The van der Waals surface area contributed by atoms with Crippen LogP contribution in [-0.2, 0) is 0 Å². The van der Waals surface area contributed by atoms with Gasteiger partial charge >= 0.3 is 0 Å². The second-order valence-electron chi connectivity index (χ2n) is 2.18. The van der Waals surface area contributed by atoms with Crippen LogP contribution in [0.1, 0.15) is 32.1 Å². The molecule has 0 aromatic carbocycles. The first-order chi connectivity index (χ1) is 3.91. The molecule has 0 nitrogen and oxygen atoms in total. The van der Waals surface area contributed by atoms with Crippen molar-refractivity contribution < 1.29 is 0 Å². The Kier molecular flexibility index (Phi) is 7.67. The van der Waals surface area contributed by atoms with E-state index in [0.29, 0.717) is 0 Å². The van der Waals surface area contributed by atoms with Gasteiger partial charge in [-0.15, -0.1) is 0 Å². The van der Waals surface area contributed by atoms with Gasteiger partial charge < -0.3 is 0 Å². The third-order valence-corrected chi connectivity index (χ3v) is 1.25. The maximum absolute atomic E-state index is 2.04. The maximum Gasteiger partial charge on any atom is -0.0187 e. The van der Waals surface area contributed by atoms with Gasteiger partial charge in [0.2, 0.25) is 0 Å². The highest BCUT2D eigenvalue weighted by molar-refractivity contribution is 7.97. The minimum absolute atomic E-state index is 1.50. The van der Waals surface area contributed by atoms with Crippen LogP contribution in [0.25, 0.3) is 0 Å². The molecule has 8 heavy (non-hydrogen) atoms. The first kappa shape index (κ1) is 8.35. The number of thioether (sulfide) groups is 1. The van der Waals surface area contributed by atoms with E-state index in [0.717, 1.165) is 0 Å². The molecular weight excluding hydrogens is 116 g/mol. The summed E-state index contributed by atoms with van der Waals surface area (Å²) in [6, 6.07) is 0. The van der Waals surface area contributed by atoms with Crippen LogP contribution in [0.3, 0.4) is 0 Å². The highest BCUT2D eigenvalue weighted by atomic mass is 32.2. The van der Waals surface area contributed by atoms with Gasteiger partial charge in [-0.25, -0.2) is 0 Å². The number of hydrogen-bond donors (Lipinski definition) is 0. The molecule has 0 spiro atoms. The molecule has 1 aliphatic carbocycles. The van der Waals surface area contributed by atoms with Crippen LogP contribution in [0.5, 0.6) is 0 Å². The zero-order valence-electron chi connectivity index (χ0n) is 5.94. The van der Waals surface area contributed by atoms with Crippen molar-refractivity contribution in [3.63, 3.8) is 0 Å². The van der Waals surface area contributed by atoms with E-state index >= 15 is 0 Å². The molecule has 0 aromatic heterocycles. The van der Waals surface area contributed by atoms with Gasteiger partial charge in [0, 0.05) is 0 Å². The molecule has 0 bridgehead atoms. The molecule has 0 aliphatic heterocycles. The third-order valence-electron chi connectivity index (χ3n) is 1.25. The van der Waals surface area contributed by atoms with Crippen LogP contribution in [-0.4, -0.2) is 12.5 Å². The van der Waals surface area contributed by atoms with Crippen molar-refractivity contribution in [1.82, 2.24) is 0 Å². The quantitative estimate of drug-likeness (QED) is 0.488. The SMILES string of the molecule is C1CCCC1.CSC. The molecule has 1 rings (SSSR count). The van der Waals surface area contributed by atoms with E-state index in [4.69, 9.17) is 0 Å². The van der Waals surface area contributed by atoms with Crippen LogP contribution < -0.4 is 0 Å². The summed E-state index contributed by atoms with van der Waals surface area (Å²) in [4.78, 5) is 0. The minimum Gasteiger partial charge on any atom is -0.169 e. The van der Waals surface area contributed by atoms with Crippen molar-refractivity contribution in [1.29, 1.82) is 0 Å². The van der Waals surface area contributed by atoms with Gasteiger partial charge in [-0.3, -0.25) is 0 Å². The summed E-state index contributed by atoms with van der Waals surface area (Å²) in [6.45, 7) is 0. The fourth-order valence-electron chi connectivity index (χ4n) is 0.884. The normalized spacial score (nSPS) is 17.2. The van der Waals surface area contributed by atoms with Crippen molar-refractivity contribution in [2.75, 3.05) is 12.5 Å². The van der Waals surface area contributed by atoms with E-state index < -0.39 is 0 Å². The highest BCUT2D eigenvalue weighted by Crippen LogP contribution is 2.15. The van der Waals surface area contributed by atoms with Gasteiger partial charge in [0.05, 0.1) is 0 Å². The molecule has 0 atom stereocenters. The smallest absolute Gasteiger partial charge is 0.0187 e. The molecule has 1 fully saturated rings. The fourth-order valence-corrected chi connectivity index (χ4v) is 0.884. The zero-order chi connectivity index (χ0) is 6.24. The van der Waals surface area contributed by atoms with Gasteiger partial charge in [-0.05, 0) is 12.5 Å². The average molecular weight is 132 g/mol. The monoisotopic (exact) mass is 132 g/mol. The Bertz CT molecular complexity index is 23.8. The predicted molar refractivity (Wildman–Crippen MR) is 42.5 cm³/mol. The van der Waals surface area contributed by atoms with Crippen LogP contribution in [0, 0.1) is 0 Å². The first-order valence-corrected chi connectivity index (χ1v) is 4.95. The Morgan fingerprint density at radius 2 is 0.875 bits per heavy atom. The average Bonchev–Trinajstić information content (AvgIpc) is 2.17. The number of hydrogen-bond acceptors (Lipinski definition) is 1. The summed E-state index contributed by atoms with van der Waals surface area (Å²) in [5.74, 6) is 0. The standard InChI is InChI=1S/C5H10.C2H6S/c1-2-4-5-3-1;1-3-2/h1-5H2;1-2H3. The molecular formula is C7H16S. The highest BCUT2D eigenvalue weighted by Gasteiger charge is 1.95. The molecule has 0 amide bonds. The van der Waals surface area contributed by atoms with E-state index in [1.807, 2.05) is 12.5 Å². The van der Waals surface area contributed by atoms with Crippen molar-refractivity contribution in [3.8, 4) is 0 Å². The Hall–Kier alpha value is 0.350. The fraction of sp³-hybridized carbons (Fsp3) is 1.00. The first-order valence-electron chi connectivity index (χ1n) is 3.32. The van der Waals surface area contributed by atoms with E-state index in [2.05, 4.69) is 0 Å². The van der Waals surface area contributed by atoms with Crippen molar-refractivity contribution in [2.24, 2.45) is 0 Å². The van der Waals surface area contributed by atoms with Crippen molar-refractivity contribution >= 4 is 11.8 Å². The summed E-state index contributed by atoms with van der Waals surface area (Å²) in [6.07, 6.45) is 11.6. The lowest BCUT2D eigenvalue weighted by molar-refractivity contribution is 0.886. The molecule has 0 radical (unpaired) electrons. The summed E-state index contributed by atoms with van der Waals surface area (Å²) in [5.41, 5.74) is 0. The van der Waals surface area contributed by atoms with E-state index in [1.54, 1.807) is 11.8 Å². The molecule has 1 aliphatic rings. The molecule has 0 aromatic rings. The van der Waals surface area contributed by atoms with Crippen molar-refractivity contribution in [2.45, 2.75) is 32.1 Å². The lowest BCUT2D eigenvalue weighted by Crippen LogP contribution is -1.47. The summed E-state index contributed by atoms with van der Waals surface area (Å²) in [5, 5.41) is 0. The summed E-state index contributed by atoms with van der Waals surface area (Å²) >= 11 is 1.75. The minimum atomic E-state index is 1.50. The molecule has 0 N–H and O–H groups in total. The van der Waals surface area contributed by atoms with Crippen LogP contribution in [0.2, 0.25) is 0 Å². The largest absolute Gasteiger partial charge is 0.169 e. The topological polar surface area (TPSA) is 0 Å². The van der Waals surface area contributed by atoms with Crippen LogP contribution >= 0.6 is 11.8 Å². The van der Waals surface area contributed by atoms with E-state index in [1.165, 1.54) is 32.1 Å². The van der Waals surface area contributed by atoms with Gasteiger partial charge in [0.25, 0.3) is 0 Å². The zero-order valence-corrected chi connectivity index (χ0v) is 6.76. The summed E-state index contributed by atoms with van der Waals surface area (Å²) < 4.78 is 0. The molecule has 0 saturated heterocycles. The lowest BCUT2D eigenvalue weighted by Gasteiger charge is -1.67. The summed E-state index contributed by atoms with van der Waals surface area (Å²) in [7, 11) is 0. The lowest BCUT2D eigenvalue weighted by atomic mass is 10.4. The van der Waals surface area contributed by atoms with Crippen LogP contribution in [0.4, 0.5) is 0 Å². The third kappa shape index (κ3) is 6.35. The molecule has 50 valence electrons. The molecule has 0 unspecified atom stereocenters. The second kappa shape index (κ2) is 7.35. The Labute approximate surface area is 57.1 Å². The van der Waals surface area contributed by atoms with Gasteiger partial charge in [0.15, 0.2) is 0 Å².